The van der Waals surface area contributed by atoms with Crippen LogP contribution in [-0.2, 0) is 0 Å². The van der Waals surface area contributed by atoms with Crippen LogP contribution < -0.4 is 0 Å². The maximum absolute atomic E-state index is 10.1. The Hall–Kier alpha value is -0.440. The Morgan fingerprint density at radius 1 is 1.28 bits per heavy atom. The Morgan fingerprint density at radius 3 is 2.61 bits per heavy atom. The lowest BCUT2D eigenvalue weighted by molar-refractivity contribution is 0.127. The monoisotopic (exact) mass is 284 g/mol. The standard InChI is InChI=1S/C15H21ClOS/c1-2-13(15(17)10-6-7-11-16)12-18-14-8-4-3-5-9-14/h2-5,8-9,13,15,17H,1,6-7,10-12H2/t13-,15-/m0/s1. The number of benzene rings is 1. The van der Waals surface area contributed by atoms with E-state index < -0.39 is 0 Å². The van der Waals surface area contributed by atoms with Crippen molar-refractivity contribution in [1.29, 1.82) is 0 Å². The molecule has 0 amide bonds. The van der Waals surface area contributed by atoms with Gasteiger partial charge < -0.3 is 5.11 Å². The molecule has 0 spiro atoms. The molecule has 0 aliphatic rings. The normalized spacial score (nSPS) is 14.1. The first-order valence-electron chi connectivity index (χ1n) is 6.32. The molecule has 18 heavy (non-hydrogen) atoms. The maximum atomic E-state index is 10.1. The number of alkyl halides is 1. The van der Waals surface area contributed by atoms with Crippen LogP contribution in [0.3, 0.4) is 0 Å². The van der Waals surface area contributed by atoms with Crippen molar-refractivity contribution in [3.05, 3.63) is 43.0 Å². The highest BCUT2D eigenvalue weighted by Crippen LogP contribution is 2.24. The smallest absolute Gasteiger partial charge is 0.0610 e. The molecule has 0 radical (unpaired) electrons. The molecule has 0 unspecified atom stereocenters. The molecule has 1 nitrogen and oxygen atoms in total. The van der Waals surface area contributed by atoms with Crippen molar-refractivity contribution < 1.29 is 5.11 Å². The first-order chi connectivity index (χ1) is 8.77. The third-order valence-corrected chi connectivity index (χ3v) is 4.29. The van der Waals surface area contributed by atoms with Gasteiger partial charge in [0.1, 0.15) is 0 Å². The molecule has 0 aliphatic heterocycles. The topological polar surface area (TPSA) is 20.2 Å². The third-order valence-electron chi connectivity index (χ3n) is 2.87. The zero-order chi connectivity index (χ0) is 13.2. The summed E-state index contributed by atoms with van der Waals surface area (Å²) >= 11 is 7.40. The van der Waals surface area contributed by atoms with Crippen molar-refractivity contribution >= 4 is 23.4 Å². The van der Waals surface area contributed by atoms with Gasteiger partial charge in [0.15, 0.2) is 0 Å². The van der Waals surface area contributed by atoms with Crippen LogP contribution in [0.15, 0.2) is 47.9 Å². The van der Waals surface area contributed by atoms with E-state index in [0.717, 1.165) is 25.0 Å². The van der Waals surface area contributed by atoms with Gasteiger partial charge in [0.25, 0.3) is 0 Å². The van der Waals surface area contributed by atoms with E-state index in [1.54, 1.807) is 11.8 Å². The lowest BCUT2D eigenvalue weighted by atomic mass is 10.00. The van der Waals surface area contributed by atoms with Gasteiger partial charge in [-0.3, -0.25) is 0 Å². The molecule has 2 atom stereocenters. The summed E-state index contributed by atoms with van der Waals surface area (Å²) in [5.74, 6) is 1.69. The Morgan fingerprint density at radius 2 is 2.00 bits per heavy atom. The van der Waals surface area contributed by atoms with Gasteiger partial charge in [-0.1, -0.05) is 24.3 Å². The fourth-order valence-electron chi connectivity index (χ4n) is 1.71. The number of hydrogen-bond acceptors (Lipinski definition) is 2. The molecular formula is C15H21ClOS. The summed E-state index contributed by atoms with van der Waals surface area (Å²) in [6.45, 7) is 3.82. The summed E-state index contributed by atoms with van der Waals surface area (Å²) in [4.78, 5) is 1.23. The molecule has 0 bridgehead atoms. The second-order valence-corrected chi connectivity index (χ2v) is 5.75. The van der Waals surface area contributed by atoms with Crippen LogP contribution in [0.25, 0.3) is 0 Å². The van der Waals surface area contributed by atoms with Crippen molar-refractivity contribution in [3.8, 4) is 0 Å². The maximum Gasteiger partial charge on any atom is 0.0610 e. The summed E-state index contributed by atoms with van der Waals surface area (Å²) in [5.41, 5.74) is 0. The molecule has 100 valence electrons. The Bertz CT molecular complexity index is 329. The third kappa shape index (κ3) is 5.94. The van der Waals surface area contributed by atoms with Crippen LogP contribution >= 0.6 is 23.4 Å². The van der Waals surface area contributed by atoms with E-state index in [0.29, 0.717) is 5.88 Å². The zero-order valence-electron chi connectivity index (χ0n) is 10.6. The van der Waals surface area contributed by atoms with Crippen molar-refractivity contribution in [2.75, 3.05) is 11.6 Å². The Balaban J connectivity index is 2.34. The lowest BCUT2D eigenvalue weighted by Gasteiger charge is -2.19. The summed E-state index contributed by atoms with van der Waals surface area (Å²) in [7, 11) is 0. The highest BCUT2D eigenvalue weighted by molar-refractivity contribution is 7.99. The van der Waals surface area contributed by atoms with E-state index in [2.05, 4.69) is 18.7 Å². The van der Waals surface area contributed by atoms with E-state index in [-0.39, 0.29) is 12.0 Å². The fraction of sp³-hybridized carbons (Fsp3) is 0.467. The summed E-state index contributed by atoms with van der Waals surface area (Å²) in [6, 6.07) is 10.2. The number of rotatable bonds is 9. The molecule has 1 N–H and O–H groups in total. The van der Waals surface area contributed by atoms with Gasteiger partial charge in [0, 0.05) is 22.4 Å². The van der Waals surface area contributed by atoms with Crippen LogP contribution in [0, 0.1) is 5.92 Å². The predicted molar refractivity (Wildman–Crippen MR) is 81.4 cm³/mol. The molecule has 0 heterocycles. The van der Waals surface area contributed by atoms with E-state index in [1.165, 1.54) is 4.90 Å². The fourth-order valence-corrected chi connectivity index (χ4v) is 2.99. The van der Waals surface area contributed by atoms with Crippen LogP contribution in [0.1, 0.15) is 19.3 Å². The van der Waals surface area contributed by atoms with Gasteiger partial charge in [-0.15, -0.1) is 29.9 Å². The van der Waals surface area contributed by atoms with Crippen molar-refractivity contribution in [1.82, 2.24) is 0 Å². The minimum absolute atomic E-state index is 0.144. The lowest BCUT2D eigenvalue weighted by Crippen LogP contribution is -2.20. The van der Waals surface area contributed by atoms with Gasteiger partial charge in [0.2, 0.25) is 0 Å². The molecule has 1 aromatic rings. The number of hydrogen-bond donors (Lipinski definition) is 1. The summed E-state index contributed by atoms with van der Waals surface area (Å²) < 4.78 is 0. The van der Waals surface area contributed by atoms with Crippen LogP contribution in [0.4, 0.5) is 0 Å². The Kier molecular flexibility index (Phi) is 8.23. The van der Waals surface area contributed by atoms with E-state index in [1.807, 2.05) is 24.3 Å². The van der Waals surface area contributed by atoms with E-state index in [4.69, 9.17) is 11.6 Å². The van der Waals surface area contributed by atoms with Gasteiger partial charge in [0.05, 0.1) is 6.10 Å². The average Bonchev–Trinajstić information content (AvgIpc) is 2.41. The molecule has 0 saturated carbocycles. The largest absolute Gasteiger partial charge is 0.392 e. The van der Waals surface area contributed by atoms with Gasteiger partial charge in [-0.2, -0.15) is 0 Å². The van der Waals surface area contributed by atoms with E-state index >= 15 is 0 Å². The van der Waals surface area contributed by atoms with Crippen molar-refractivity contribution in [2.45, 2.75) is 30.3 Å². The molecule has 0 aromatic heterocycles. The minimum Gasteiger partial charge on any atom is -0.392 e. The van der Waals surface area contributed by atoms with Crippen molar-refractivity contribution in [3.63, 3.8) is 0 Å². The number of aliphatic hydroxyl groups is 1. The molecule has 3 heteroatoms. The zero-order valence-corrected chi connectivity index (χ0v) is 12.2. The van der Waals surface area contributed by atoms with Gasteiger partial charge >= 0.3 is 0 Å². The van der Waals surface area contributed by atoms with Crippen LogP contribution in [0.2, 0.25) is 0 Å². The molecule has 0 aliphatic carbocycles. The predicted octanol–water partition coefficient (Wildman–Crippen LogP) is 4.35. The Labute approximate surface area is 119 Å². The second kappa shape index (κ2) is 9.48. The molecule has 1 rings (SSSR count). The first-order valence-corrected chi connectivity index (χ1v) is 7.84. The molecular weight excluding hydrogens is 264 g/mol. The van der Waals surface area contributed by atoms with E-state index in [9.17, 15) is 5.11 Å². The van der Waals surface area contributed by atoms with Gasteiger partial charge in [-0.05, 0) is 31.4 Å². The molecule has 1 aromatic carbocycles. The number of halogens is 1. The number of thioether (sulfide) groups is 1. The number of aliphatic hydroxyl groups excluding tert-OH is 1. The minimum atomic E-state index is -0.304. The number of unbranched alkanes of at least 4 members (excludes halogenated alkanes) is 1. The van der Waals surface area contributed by atoms with Crippen LogP contribution in [0.5, 0.6) is 0 Å². The highest BCUT2D eigenvalue weighted by atomic mass is 35.5. The van der Waals surface area contributed by atoms with Gasteiger partial charge in [-0.25, -0.2) is 0 Å². The molecule has 0 fully saturated rings. The van der Waals surface area contributed by atoms with Crippen LogP contribution in [-0.4, -0.2) is 22.8 Å². The SMILES string of the molecule is C=C[C@@H](CSc1ccccc1)[C@@H](O)CCCCCl. The first kappa shape index (κ1) is 15.6. The average molecular weight is 285 g/mol. The second-order valence-electron chi connectivity index (χ2n) is 4.28. The molecule has 0 saturated heterocycles. The summed E-state index contributed by atoms with van der Waals surface area (Å²) in [6.07, 6.45) is 4.31. The quantitative estimate of drug-likeness (QED) is 0.315. The summed E-state index contributed by atoms with van der Waals surface area (Å²) in [5, 5.41) is 10.1. The highest BCUT2D eigenvalue weighted by Gasteiger charge is 2.15. The van der Waals surface area contributed by atoms with Crippen molar-refractivity contribution in [2.24, 2.45) is 5.92 Å².